The maximum Gasteiger partial charge on any atom is 0.417 e. The molecule has 406 valence electrons. The number of aromatic nitrogens is 2. The summed E-state index contributed by atoms with van der Waals surface area (Å²) in [5.41, 5.74) is 1.46. The van der Waals surface area contributed by atoms with Crippen LogP contribution in [0.4, 0.5) is 28.9 Å². The first-order valence-corrected chi connectivity index (χ1v) is 26.0. The van der Waals surface area contributed by atoms with Gasteiger partial charge < -0.3 is 40.6 Å². The molecule has 2 aromatic heterocycles. The Morgan fingerprint density at radius 1 is 0.908 bits per heavy atom. The smallest absolute Gasteiger partial charge is 0.391 e. The number of ketones is 1. The first-order valence-electron chi connectivity index (χ1n) is 25.1. The molecule has 21 heteroatoms. The van der Waals surface area contributed by atoms with Crippen molar-refractivity contribution < 1.29 is 51.4 Å². The Bertz CT molecular complexity index is 2980. The predicted molar refractivity (Wildman–Crippen MR) is 282 cm³/mol. The second-order valence-corrected chi connectivity index (χ2v) is 21.4. The number of likely N-dealkylation sites (N-methyl/N-ethyl adjacent to an activating group) is 1. The van der Waals surface area contributed by atoms with Gasteiger partial charge in [0.1, 0.15) is 11.9 Å². The number of halogens is 4. The Hall–Kier alpha value is -6.81. The number of amides is 4. The van der Waals surface area contributed by atoms with E-state index in [9.17, 15) is 47.0 Å². The van der Waals surface area contributed by atoms with Gasteiger partial charge in [-0.15, -0.1) is 11.3 Å². The van der Waals surface area contributed by atoms with Crippen LogP contribution in [0.1, 0.15) is 91.4 Å². The Kier molecular flexibility index (Phi) is 18.0. The Morgan fingerprint density at radius 2 is 1.61 bits per heavy atom. The first-order chi connectivity index (χ1) is 35.9. The highest BCUT2D eigenvalue weighted by atomic mass is 32.1. The van der Waals surface area contributed by atoms with Gasteiger partial charge >= 0.3 is 6.18 Å². The number of hydrogen-bond acceptors (Lipinski definition) is 12. The van der Waals surface area contributed by atoms with E-state index in [-0.39, 0.29) is 85.8 Å². The lowest BCUT2D eigenvalue weighted by molar-refractivity contribution is -0.143. The molecule has 5 atom stereocenters. The number of rotatable bonds is 18. The molecule has 2 saturated heterocycles. The van der Waals surface area contributed by atoms with Crippen LogP contribution in [0, 0.1) is 18.2 Å². The van der Waals surface area contributed by atoms with Gasteiger partial charge in [0.15, 0.2) is 5.78 Å². The molecule has 2 aliphatic rings. The molecule has 2 fully saturated rings. The number of benzene rings is 3. The van der Waals surface area contributed by atoms with Gasteiger partial charge in [0, 0.05) is 80.9 Å². The molecule has 0 aliphatic carbocycles. The van der Waals surface area contributed by atoms with E-state index in [4.69, 9.17) is 4.74 Å². The van der Waals surface area contributed by atoms with E-state index < -0.39 is 75.9 Å². The summed E-state index contributed by atoms with van der Waals surface area (Å²) in [7, 11) is 1.97. The van der Waals surface area contributed by atoms with Crippen LogP contribution >= 0.6 is 11.3 Å². The van der Waals surface area contributed by atoms with Crippen molar-refractivity contribution in [1.29, 1.82) is 0 Å². The minimum absolute atomic E-state index is 0.00174. The number of aryl methyl sites for hydroxylation is 2. The third kappa shape index (κ3) is 13.8. The maximum absolute atomic E-state index is 15.6. The lowest BCUT2D eigenvalue weighted by Gasteiger charge is -2.44. The molecule has 0 saturated carbocycles. The van der Waals surface area contributed by atoms with Crippen molar-refractivity contribution in [3.05, 3.63) is 123 Å². The van der Waals surface area contributed by atoms with Gasteiger partial charge in [-0.2, -0.15) is 13.2 Å². The normalized spacial score (nSPS) is 18.6. The zero-order valence-corrected chi connectivity index (χ0v) is 44.3. The third-order valence-electron chi connectivity index (χ3n) is 13.9. The summed E-state index contributed by atoms with van der Waals surface area (Å²) in [6.45, 7) is 12.2. The number of alkyl halides is 3. The van der Waals surface area contributed by atoms with E-state index in [1.165, 1.54) is 23.1 Å². The SMILES string of the molecule is Cc1ncsc1-c1ccc(CCC(=O)[C@@H]2C[C@@H](O)CN2C(=O)[C@@H](NC(=O)CCOCCNC(=O)c2ccc(F)c(-c3ccc(N4C[C@@H](C)N(C)[C@@H](C)C4)c(NC(=O)c4c[nH]c(=O)cc4C(F)(F)F)c3)c2)C(C)(C)C)cc1. The molecule has 3 aromatic carbocycles. The molecule has 0 unspecified atom stereocenters. The number of anilines is 2. The number of carbonyl (C=O) groups excluding carboxylic acids is 5. The second kappa shape index (κ2) is 24.0. The van der Waals surface area contributed by atoms with Gasteiger partial charge in [0.2, 0.25) is 17.4 Å². The van der Waals surface area contributed by atoms with Gasteiger partial charge in [0.05, 0.1) is 63.9 Å². The zero-order chi connectivity index (χ0) is 55.2. The van der Waals surface area contributed by atoms with Crippen LogP contribution in [0.2, 0.25) is 0 Å². The number of ether oxygens (including phenoxy) is 1. The summed E-state index contributed by atoms with van der Waals surface area (Å²) in [5, 5.41) is 18.7. The number of nitrogens with zero attached hydrogens (tertiary/aromatic N) is 4. The lowest BCUT2D eigenvalue weighted by Crippen LogP contribution is -2.56. The molecule has 0 spiro atoms. The minimum Gasteiger partial charge on any atom is -0.391 e. The number of piperazine rings is 1. The third-order valence-corrected chi connectivity index (χ3v) is 14.9. The quantitative estimate of drug-likeness (QED) is 0.0437. The van der Waals surface area contributed by atoms with E-state index in [2.05, 4.69) is 30.8 Å². The monoisotopic (exact) mass is 1070 g/mol. The molecule has 16 nitrogen and oxygen atoms in total. The second-order valence-electron chi connectivity index (χ2n) is 20.6. The highest BCUT2D eigenvalue weighted by molar-refractivity contribution is 7.13. The van der Waals surface area contributed by atoms with Gasteiger partial charge in [-0.25, -0.2) is 9.37 Å². The molecular formula is C55H64F4N8O8S. The summed E-state index contributed by atoms with van der Waals surface area (Å²) in [5.74, 6) is -3.60. The van der Waals surface area contributed by atoms with Gasteiger partial charge in [-0.1, -0.05) is 51.1 Å². The Labute approximate surface area is 442 Å². The molecular weight excluding hydrogens is 1010 g/mol. The molecule has 76 heavy (non-hydrogen) atoms. The van der Waals surface area contributed by atoms with Crippen LogP contribution < -0.4 is 26.4 Å². The minimum atomic E-state index is -5.02. The van der Waals surface area contributed by atoms with Gasteiger partial charge in [0.25, 0.3) is 11.8 Å². The fourth-order valence-electron chi connectivity index (χ4n) is 9.50. The van der Waals surface area contributed by atoms with Crippen LogP contribution in [-0.2, 0) is 31.7 Å². The van der Waals surface area contributed by atoms with Gasteiger partial charge in [-0.05, 0) is 86.7 Å². The molecule has 5 N–H and O–H groups in total. The topological polar surface area (TPSA) is 206 Å². The van der Waals surface area contributed by atoms with E-state index in [1.54, 1.807) is 49.8 Å². The van der Waals surface area contributed by atoms with Crippen molar-refractivity contribution in [2.45, 2.75) is 104 Å². The molecule has 4 amide bonds. The average Bonchev–Trinajstić information content (AvgIpc) is 4.00. The number of β-amino-alcohol motifs (C(OH)–C–C–N with tert-alkyl or cyclic N) is 1. The summed E-state index contributed by atoms with van der Waals surface area (Å²) in [6.07, 6.45) is -4.65. The molecule has 4 heterocycles. The number of nitrogens with one attached hydrogen (secondary N) is 4. The fraction of sp³-hybridized carbons (Fsp3) is 0.436. The van der Waals surface area contributed by atoms with Crippen molar-refractivity contribution in [2.24, 2.45) is 5.41 Å². The Morgan fingerprint density at radius 3 is 2.26 bits per heavy atom. The number of thiazole rings is 1. The summed E-state index contributed by atoms with van der Waals surface area (Å²) >= 11 is 1.56. The van der Waals surface area contributed by atoms with E-state index in [1.807, 2.05) is 57.0 Å². The highest BCUT2D eigenvalue weighted by Gasteiger charge is 2.44. The lowest BCUT2D eigenvalue weighted by atomic mass is 9.85. The summed E-state index contributed by atoms with van der Waals surface area (Å²) < 4.78 is 63.3. The Balaban J connectivity index is 0.934. The number of aromatic amines is 1. The number of hydrogen-bond donors (Lipinski definition) is 5. The summed E-state index contributed by atoms with van der Waals surface area (Å²) in [4.78, 5) is 92.8. The van der Waals surface area contributed by atoms with Crippen LogP contribution in [-0.4, -0.2) is 131 Å². The zero-order valence-electron chi connectivity index (χ0n) is 43.5. The van der Waals surface area contributed by atoms with E-state index in [0.717, 1.165) is 27.8 Å². The highest BCUT2D eigenvalue weighted by Crippen LogP contribution is 2.37. The predicted octanol–water partition coefficient (Wildman–Crippen LogP) is 7.24. The van der Waals surface area contributed by atoms with Crippen LogP contribution in [0.5, 0.6) is 0 Å². The molecule has 5 aromatic rings. The number of H-pyrrole nitrogens is 1. The standard InChI is InChI=1S/C55H64F4N8O8S/c1-31-27-66(28-32(2)65(31)7)44-16-14-36(23-43(44)63-52(73)40-26-61-48(71)25-41(40)55(57,58)59)39-22-37(13-15-42(39)56)51(72)60-19-21-75-20-18-47(70)64-50(54(4,5)6)53(74)67-29-38(68)24-45(67)46(69)17-10-34-8-11-35(12-9-34)49-33(3)62-30-76-49/h8-9,11-16,22-23,25-26,30-32,38,45,50,68H,10,17-21,24,27-29H2,1-7H3,(H,60,72)(H,61,71)(H,63,73)(H,64,70)/t31-,32+,38-,45+,50-/m1/s1. The summed E-state index contributed by atoms with van der Waals surface area (Å²) in [6, 6.07) is 14.8. The number of aliphatic hydroxyl groups is 1. The van der Waals surface area contributed by atoms with Crippen molar-refractivity contribution >= 4 is 52.1 Å². The number of Topliss-reactive ketones (excluding diaryl/α,β-unsaturated/α-hetero) is 1. The van der Waals surface area contributed by atoms with Crippen molar-refractivity contribution in [1.82, 2.24) is 30.4 Å². The molecule has 2 aliphatic heterocycles. The van der Waals surface area contributed by atoms with E-state index >= 15 is 4.39 Å². The fourth-order valence-corrected chi connectivity index (χ4v) is 10.3. The van der Waals surface area contributed by atoms with Crippen LogP contribution in [0.3, 0.4) is 0 Å². The number of likely N-dealkylation sites (tertiary alicyclic amines) is 1. The van der Waals surface area contributed by atoms with Crippen molar-refractivity contribution in [3.63, 3.8) is 0 Å². The number of carbonyl (C=O) groups is 5. The van der Waals surface area contributed by atoms with E-state index in [0.29, 0.717) is 37.5 Å². The number of pyridine rings is 1. The van der Waals surface area contributed by atoms with Crippen LogP contribution in [0.15, 0.2) is 83.2 Å². The molecule has 0 bridgehead atoms. The number of aliphatic hydroxyl groups excluding tert-OH is 1. The largest absolute Gasteiger partial charge is 0.417 e. The molecule has 7 rings (SSSR count). The molecule has 0 radical (unpaired) electrons. The van der Waals surface area contributed by atoms with Crippen molar-refractivity contribution in [2.75, 3.05) is 56.7 Å². The maximum atomic E-state index is 15.6. The van der Waals surface area contributed by atoms with Crippen molar-refractivity contribution in [3.8, 4) is 21.6 Å². The van der Waals surface area contributed by atoms with Crippen LogP contribution in [0.25, 0.3) is 21.6 Å². The average molecular weight is 1070 g/mol. The van der Waals surface area contributed by atoms with Gasteiger partial charge in [-0.3, -0.25) is 33.7 Å². The first kappa shape index (κ1) is 56.9.